The Bertz CT molecular complexity index is 1250. The van der Waals surface area contributed by atoms with Gasteiger partial charge in [0.05, 0.1) is 27.4 Å². The van der Waals surface area contributed by atoms with Gasteiger partial charge in [-0.2, -0.15) is 5.10 Å². The van der Waals surface area contributed by atoms with E-state index < -0.39 is 11.7 Å². The third-order valence-corrected chi connectivity index (χ3v) is 4.72. The van der Waals surface area contributed by atoms with Crippen molar-refractivity contribution in [3.8, 4) is 5.69 Å². The molecule has 2 aromatic carbocycles. The van der Waals surface area contributed by atoms with E-state index in [9.17, 15) is 13.6 Å². The van der Waals surface area contributed by atoms with Crippen molar-refractivity contribution >= 4 is 34.2 Å². The molecule has 146 valence electrons. The maximum absolute atomic E-state index is 13.4. The highest BCUT2D eigenvalue weighted by Gasteiger charge is 2.20. The minimum atomic E-state index is -0.566. The molecule has 0 fully saturated rings. The van der Waals surface area contributed by atoms with Gasteiger partial charge in [0.15, 0.2) is 5.65 Å². The summed E-state index contributed by atoms with van der Waals surface area (Å²) in [5, 5.41) is 7.70. The smallest absolute Gasteiger partial charge is 0.256 e. The molecular weight excluding hydrogens is 398 g/mol. The van der Waals surface area contributed by atoms with Gasteiger partial charge < -0.3 is 5.32 Å². The van der Waals surface area contributed by atoms with E-state index in [4.69, 9.17) is 11.6 Å². The fourth-order valence-corrected chi connectivity index (χ4v) is 3.31. The number of aryl methyl sites for hydroxylation is 2. The van der Waals surface area contributed by atoms with Gasteiger partial charge in [-0.05, 0) is 62.4 Å². The van der Waals surface area contributed by atoms with Gasteiger partial charge in [-0.25, -0.2) is 18.4 Å². The number of rotatable bonds is 3. The molecule has 4 rings (SSSR count). The molecule has 1 amide bonds. The maximum Gasteiger partial charge on any atom is 0.256 e. The van der Waals surface area contributed by atoms with Crippen LogP contribution in [0.3, 0.4) is 0 Å². The second-order valence-electron chi connectivity index (χ2n) is 6.57. The number of nitrogens with one attached hydrogen (secondary N) is 1. The Morgan fingerprint density at radius 2 is 1.79 bits per heavy atom. The van der Waals surface area contributed by atoms with Gasteiger partial charge in [0, 0.05) is 11.4 Å². The quantitative estimate of drug-likeness (QED) is 0.501. The average molecular weight is 413 g/mol. The molecule has 29 heavy (non-hydrogen) atoms. The number of halogens is 3. The van der Waals surface area contributed by atoms with Crippen molar-refractivity contribution in [2.24, 2.45) is 0 Å². The zero-order valence-corrected chi connectivity index (χ0v) is 16.3. The average Bonchev–Trinajstić information content (AvgIpc) is 3.01. The van der Waals surface area contributed by atoms with Crippen LogP contribution in [0.1, 0.15) is 21.7 Å². The Balaban J connectivity index is 1.81. The first kappa shape index (κ1) is 19.0. The lowest BCUT2D eigenvalue weighted by Crippen LogP contribution is -2.13. The molecule has 1 N–H and O–H groups in total. The van der Waals surface area contributed by atoms with Crippen LogP contribution in [-0.4, -0.2) is 20.7 Å². The number of hydrogen-bond donors (Lipinski definition) is 1. The molecule has 0 spiro atoms. The normalized spacial score (nSPS) is 11.1. The van der Waals surface area contributed by atoms with Crippen LogP contribution in [0.25, 0.3) is 16.7 Å². The van der Waals surface area contributed by atoms with E-state index in [2.05, 4.69) is 15.4 Å². The number of fused-ring (bicyclic) bond motifs is 1. The summed E-state index contributed by atoms with van der Waals surface area (Å²) in [4.78, 5) is 17.5. The second kappa shape index (κ2) is 7.25. The lowest BCUT2D eigenvalue weighted by atomic mass is 10.1. The van der Waals surface area contributed by atoms with Crippen LogP contribution in [0.2, 0.25) is 5.02 Å². The SMILES string of the molecule is Cc1cc(C(=O)Nc2ccc(F)c(Cl)c2)c2c(C)nn(-c3ccc(F)cc3)c2n1. The van der Waals surface area contributed by atoms with E-state index in [1.807, 2.05) is 0 Å². The molecule has 0 saturated carbocycles. The maximum atomic E-state index is 13.4. The molecular formula is C21H15ClF2N4O. The third kappa shape index (κ3) is 3.56. The minimum absolute atomic E-state index is 0.0841. The molecule has 4 aromatic rings. The first-order valence-corrected chi connectivity index (χ1v) is 9.10. The lowest BCUT2D eigenvalue weighted by Gasteiger charge is -2.09. The van der Waals surface area contributed by atoms with Crippen LogP contribution in [0.15, 0.2) is 48.5 Å². The Morgan fingerprint density at radius 3 is 2.48 bits per heavy atom. The number of carbonyl (C=O) groups excluding carboxylic acids is 1. The molecule has 0 bridgehead atoms. The summed E-state index contributed by atoms with van der Waals surface area (Å²) in [5.74, 6) is -1.32. The summed E-state index contributed by atoms with van der Waals surface area (Å²) in [5.41, 5.74) is 3.06. The Hall–Kier alpha value is -3.32. The van der Waals surface area contributed by atoms with Crippen LogP contribution in [-0.2, 0) is 0 Å². The number of amides is 1. The Morgan fingerprint density at radius 1 is 1.07 bits per heavy atom. The van der Waals surface area contributed by atoms with Crippen molar-refractivity contribution in [3.63, 3.8) is 0 Å². The number of benzene rings is 2. The van der Waals surface area contributed by atoms with Crippen molar-refractivity contribution in [1.82, 2.24) is 14.8 Å². The van der Waals surface area contributed by atoms with E-state index in [1.54, 1.807) is 36.7 Å². The predicted molar refractivity (Wildman–Crippen MR) is 108 cm³/mol. The van der Waals surface area contributed by atoms with Crippen molar-refractivity contribution < 1.29 is 13.6 Å². The molecule has 0 saturated heterocycles. The standard InChI is InChI=1S/C21H15ClF2N4O/c1-11-9-16(21(29)26-14-5-8-18(24)17(22)10-14)19-12(2)27-28(20(19)25-11)15-6-3-13(23)4-7-15/h3-10H,1-2H3,(H,26,29). The monoisotopic (exact) mass is 412 g/mol. The van der Waals surface area contributed by atoms with Crippen molar-refractivity contribution in [1.29, 1.82) is 0 Å². The highest BCUT2D eigenvalue weighted by molar-refractivity contribution is 6.31. The topological polar surface area (TPSA) is 59.8 Å². The van der Waals surface area contributed by atoms with E-state index in [0.29, 0.717) is 39.4 Å². The summed E-state index contributed by atoms with van der Waals surface area (Å²) in [6, 6.07) is 11.5. The van der Waals surface area contributed by atoms with Crippen molar-refractivity contribution in [2.45, 2.75) is 13.8 Å². The predicted octanol–water partition coefficient (Wildman–Crippen LogP) is 5.22. The summed E-state index contributed by atoms with van der Waals surface area (Å²) in [7, 11) is 0. The first-order chi connectivity index (χ1) is 13.8. The van der Waals surface area contributed by atoms with Gasteiger partial charge in [0.25, 0.3) is 5.91 Å². The van der Waals surface area contributed by atoms with Crippen LogP contribution in [0, 0.1) is 25.5 Å². The lowest BCUT2D eigenvalue weighted by molar-refractivity contribution is 0.102. The molecule has 0 atom stereocenters. The minimum Gasteiger partial charge on any atom is -0.322 e. The zero-order valence-electron chi connectivity index (χ0n) is 15.5. The third-order valence-electron chi connectivity index (χ3n) is 4.43. The van der Waals surface area contributed by atoms with Crippen LogP contribution in [0.5, 0.6) is 0 Å². The first-order valence-electron chi connectivity index (χ1n) is 8.73. The molecule has 0 aliphatic rings. The number of hydrogen-bond acceptors (Lipinski definition) is 3. The van der Waals surface area contributed by atoms with Crippen LogP contribution >= 0.6 is 11.6 Å². The Kier molecular flexibility index (Phi) is 4.76. The molecule has 2 aromatic heterocycles. The van der Waals surface area contributed by atoms with Gasteiger partial charge in [-0.15, -0.1) is 0 Å². The number of anilines is 1. The molecule has 0 aliphatic carbocycles. The summed E-state index contributed by atoms with van der Waals surface area (Å²) < 4.78 is 28.2. The highest BCUT2D eigenvalue weighted by atomic mass is 35.5. The van der Waals surface area contributed by atoms with E-state index in [0.717, 1.165) is 0 Å². The fraction of sp³-hybridized carbons (Fsp3) is 0.0952. The highest BCUT2D eigenvalue weighted by Crippen LogP contribution is 2.26. The number of aromatic nitrogens is 3. The Labute approximate surface area is 169 Å². The van der Waals surface area contributed by atoms with Crippen LogP contribution < -0.4 is 5.32 Å². The van der Waals surface area contributed by atoms with Gasteiger partial charge in [0.1, 0.15) is 11.6 Å². The van der Waals surface area contributed by atoms with Crippen molar-refractivity contribution in [2.75, 3.05) is 5.32 Å². The molecule has 0 radical (unpaired) electrons. The van der Waals surface area contributed by atoms with Crippen molar-refractivity contribution in [3.05, 3.63) is 82.1 Å². The zero-order chi connectivity index (χ0) is 20.7. The van der Waals surface area contributed by atoms with E-state index in [1.165, 1.54) is 30.3 Å². The van der Waals surface area contributed by atoms with Gasteiger partial charge in [0.2, 0.25) is 0 Å². The van der Waals surface area contributed by atoms with E-state index >= 15 is 0 Å². The number of carbonyl (C=O) groups is 1. The molecule has 8 heteroatoms. The van der Waals surface area contributed by atoms with Gasteiger partial charge in [-0.3, -0.25) is 4.79 Å². The second-order valence-corrected chi connectivity index (χ2v) is 6.97. The summed E-state index contributed by atoms with van der Waals surface area (Å²) in [6.07, 6.45) is 0. The van der Waals surface area contributed by atoms with Gasteiger partial charge in [-0.1, -0.05) is 11.6 Å². The van der Waals surface area contributed by atoms with Crippen LogP contribution in [0.4, 0.5) is 14.5 Å². The summed E-state index contributed by atoms with van der Waals surface area (Å²) >= 11 is 5.79. The fourth-order valence-electron chi connectivity index (χ4n) is 3.13. The van der Waals surface area contributed by atoms with E-state index in [-0.39, 0.29) is 10.8 Å². The number of pyridine rings is 1. The molecule has 0 aliphatic heterocycles. The molecule has 0 unspecified atom stereocenters. The number of nitrogens with zero attached hydrogens (tertiary/aromatic N) is 3. The summed E-state index contributed by atoms with van der Waals surface area (Å²) in [6.45, 7) is 3.53. The molecule has 5 nitrogen and oxygen atoms in total. The van der Waals surface area contributed by atoms with Gasteiger partial charge >= 0.3 is 0 Å². The largest absolute Gasteiger partial charge is 0.322 e. The molecule has 2 heterocycles.